The molecule has 1 N–H and O–H groups in total. The van der Waals surface area contributed by atoms with Gasteiger partial charge in [0.05, 0.1) is 30.8 Å². The topological polar surface area (TPSA) is 85.4 Å². The summed E-state index contributed by atoms with van der Waals surface area (Å²) in [5.74, 6) is 1.85. The van der Waals surface area contributed by atoms with Gasteiger partial charge in [0, 0.05) is 31.7 Å². The molecule has 0 aromatic carbocycles. The summed E-state index contributed by atoms with van der Waals surface area (Å²) in [7, 11) is 0. The van der Waals surface area contributed by atoms with Gasteiger partial charge in [0.25, 0.3) is 0 Å². The lowest BCUT2D eigenvalue weighted by Crippen LogP contribution is -2.59. The Kier molecular flexibility index (Phi) is 7.70. The number of aromatic nitrogens is 3. The number of thioether (sulfide) groups is 1. The lowest BCUT2D eigenvalue weighted by Gasteiger charge is -2.48. The molecule has 0 radical (unpaired) electrons. The number of rotatable bonds is 9. The summed E-state index contributed by atoms with van der Waals surface area (Å²) in [6, 6.07) is 1.88. The fourth-order valence-electron chi connectivity index (χ4n) is 4.80. The van der Waals surface area contributed by atoms with Crippen LogP contribution in [0, 0.1) is 6.92 Å². The molecule has 174 valence electrons. The average Bonchev–Trinajstić information content (AvgIpc) is 3.43. The number of hydrogen-bond acceptors (Lipinski definition) is 7. The van der Waals surface area contributed by atoms with Gasteiger partial charge in [-0.05, 0) is 25.8 Å². The van der Waals surface area contributed by atoms with Crippen LogP contribution in [0.3, 0.4) is 0 Å². The molecule has 2 fully saturated rings. The molecular formula is C23H33N5O3S. The number of carbonyl (C=O) groups excluding carboxylic acids is 1. The molecule has 32 heavy (non-hydrogen) atoms. The van der Waals surface area contributed by atoms with Crippen LogP contribution in [-0.4, -0.2) is 69.7 Å². The van der Waals surface area contributed by atoms with E-state index in [2.05, 4.69) is 27.0 Å². The fourth-order valence-corrected chi connectivity index (χ4v) is 5.58. The van der Waals surface area contributed by atoms with Gasteiger partial charge in [-0.3, -0.25) is 14.3 Å². The van der Waals surface area contributed by atoms with Gasteiger partial charge in [0.2, 0.25) is 5.91 Å². The minimum atomic E-state index is 0.0300. The Morgan fingerprint density at radius 1 is 1.28 bits per heavy atom. The van der Waals surface area contributed by atoms with Gasteiger partial charge in [-0.1, -0.05) is 37.1 Å². The molecule has 0 bridgehead atoms. The average molecular weight is 460 g/mol. The van der Waals surface area contributed by atoms with Crippen molar-refractivity contribution < 1.29 is 13.9 Å². The molecule has 2 aliphatic rings. The summed E-state index contributed by atoms with van der Waals surface area (Å²) in [6.45, 7) is 10.5. The zero-order valence-electron chi connectivity index (χ0n) is 18.8. The Hall–Kier alpha value is -2.10. The Bertz CT molecular complexity index is 913. The number of ether oxygens (including phenoxy) is 1. The first kappa shape index (κ1) is 23.1. The Labute approximate surface area is 193 Å². The van der Waals surface area contributed by atoms with Gasteiger partial charge in [-0.2, -0.15) is 0 Å². The van der Waals surface area contributed by atoms with E-state index >= 15 is 0 Å². The molecule has 0 atom stereocenters. The maximum Gasteiger partial charge on any atom is 0.230 e. The number of carbonyl (C=O) groups is 1. The SMILES string of the molecule is C=CCn1c(SCC(=O)NCC2(N3CCOCC3)CCCCC2)nnc1-c1ccoc1C. The van der Waals surface area contributed by atoms with E-state index < -0.39 is 0 Å². The van der Waals surface area contributed by atoms with Gasteiger partial charge < -0.3 is 14.5 Å². The van der Waals surface area contributed by atoms with E-state index in [1.54, 1.807) is 6.26 Å². The van der Waals surface area contributed by atoms with Crippen molar-refractivity contribution in [1.82, 2.24) is 25.0 Å². The number of aryl methyl sites for hydroxylation is 1. The number of nitrogens with one attached hydrogen (secondary N) is 1. The maximum atomic E-state index is 12.8. The van der Waals surface area contributed by atoms with E-state index in [-0.39, 0.29) is 11.4 Å². The highest BCUT2D eigenvalue weighted by Crippen LogP contribution is 2.34. The van der Waals surface area contributed by atoms with Crippen molar-refractivity contribution in [2.24, 2.45) is 0 Å². The van der Waals surface area contributed by atoms with Gasteiger partial charge in [-0.25, -0.2) is 0 Å². The molecule has 1 amide bonds. The summed E-state index contributed by atoms with van der Waals surface area (Å²) in [6.07, 6.45) is 9.47. The predicted molar refractivity (Wildman–Crippen MR) is 125 cm³/mol. The number of nitrogens with zero attached hydrogens (tertiary/aromatic N) is 4. The number of furan rings is 1. The van der Waals surface area contributed by atoms with Gasteiger partial charge in [0.15, 0.2) is 11.0 Å². The van der Waals surface area contributed by atoms with Crippen LogP contribution in [0.4, 0.5) is 0 Å². The molecule has 0 unspecified atom stereocenters. The Morgan fingerprint density at radius 2 is 2.06 bits per heavy atom. The standard InChI is InChI=1S/C23H33N5O3S/c1-3-10-28-21(19-7-13-31-18(19)2)25-26-22(28)32-16-20(29)24-17-23(8-5-4-6-9-23)27-11-14-30-15-12-27/h3,7,13H,1,4-6,8-12,14-17H2,2H3,(H,24,29). The van der Waals surface area contributed by atoms with Crippen molar-refractivity contribution in [1.29, 1.82) is 0 Å². The van der Waals surface area contributed by atoms with Crippen molar-refractivity contribution in [2.75, 3.05) is 38.6 Å². The minimum Gasteiger partial charge on any atom is -0.469 e. The first-order valence-electron chi connectivity index (χ1n) is 11.4. The quantitative estimate of drug-likeness (QED) is 0.455. The van der Waals surface area contributed by atoms with Crippen molar-refractivity contribution in [3.05, 3.63) is 30.7 Å². The molecule has 2 aromatic rings. The van der Waals surface area contributed by atoms with E-state index in [0.717, 1.165) is 56.3 Å². The third kappa shape index (κ3) is 5.10. The highest BCUT2D eigenvalue weighted by molar-refractivity contribution is 7.99. The third-order valence-corrected chi connectivity index (χ3v) is 7.51. The molecule has 1 saturated heterocycles. The molecule has 9 heteroatoms. The monoisotopic (exact) mass is 459 g/mol. The van der Waals surface area contributed by atoms with Crippen LogP contribution in [0.2, 0.25) is 0 Å². The van der Waals surface area contributed by atoms with Gasteiger partial charge in [0.1, 0.15) is 5.76 Å². The molecule has 3 heterocycles. The van der Waals surface area contributed by atoms with Gasteiger partial charge in [-0.15, -0.1) is 16.8 Å². The van der Waals surface area contributed by atoms with Crippen LogP contribution in [0.1, 0.15) is 37.9 Å². The second-order valence-corrected chi connectivity index (χ2v) is 9.49. The van der Waals surface area contributed by atoms with Gasteiger partial charge >= 0.3 is 0 Å². The molecule has 1 aliphatic carbocycles. The summed E-state index contributed by atoms with van der Waals surface area (Å²) in [5.41, 5.74) is 0.970. The van der Waals surface area contributed by atoms with E-state index in [9.17, 15) is 4.79 Å². The Balaban J connectivity index is 1.38. The number of allylic oxidation sites excluding steroid dienone is 1. The highest BCUT2D eigenvalue weighted by Gasteiger charge is 2.38. The smallest absolute Gasteiger partial charge is 0.230 e. The molecular weight excluding hydrogens is 426 g/mol. The molecule has 4 rings (SSSR count). The van der Waals surface area contributed by atoms with E-state index in [1.165, 1.54) is 31.0 Å². The number of amides is 1. The summed E-state index contributed by atoms with van der Waals surface area (Å²) < 4.78 is 12.9. The summed E-state index contributed by atoms with van der Waals surface area (Å²) >= 11 is 1.41. The summed E-state index contributed by atoms with van der Waals surface area (Å²) in [4.78, 5) is 15.3. The Morgan fingerprint density at radius 3 is 2.75 bits per heavy atom. The van der Waals surface area contributed by atoms with Crippen LogP contribution >= 0.6 is 11.8 Å². The highest BCUT2D eigenvalue weighted by atomic mass is 32.2. The fraction of sp³-hybridized carbons (Fsp3) is 0.609. The van der Waals surface area contributed by atoms with Crippen molar-refractivity contribution in [3.8, 4) is 11.4 Å². The first-order chi connectivity index (χ1) is 15.6. The lowest BCUT2D eigenvalue weighted by atomic mass is 9.79. The van der Waals surface area contributed by atoms with Crippen LogP contribution < -0.4 is 5.32 Å². The third-order valence-electron chi connectivity index (χ3n) is 6.54. The second kappa shape index (κ2) is 10.7. The van der Waals surface area contributed by atoms with E-state index in [4.69, 9.17) is 9.15 Å². The molecule has 1 aliphatic heterocycles. The molecule has 8 nitrogen and oxygen atoms in total. The molecule has 0 spiro atoms. The van der Waals surface area contributed by atoms with Crippen molar-refractivity contribution >= 4 is 17.7 Å². The maximum absolute atomic E-state index is 12.8. The zero-order chi connectivity index (χ0) is 22.4. The van der Waals surface area contributed by atoms with Crippen LogP contribution in [-0.2, 0) is 16.1 Å². The van der Waals surface area contributed by atoms with E-state index in [1.807, 2.05) is 23.6 Å². The normalized spacial score (nSPS) is 19.0. The van der Waals surface area contributed by atoms with E-state index in [0.29, 0.717) is 24.0 Å². The first-order valence-corrected chi connectivity index (χ1v) is 12.4. The number of hydrogen-bond donors (Lipinski definition) is 1. The number of morpholine rings is 1. The van der Waals surface area contributed by atoms with Crippen LogP contribution in [0.5, 0.6) is 0 Å². The predicted octanol–water partition coefficient (Wildman–Crippen LogP) is 3.28. The molecule has 2 aromatic heterocycles. The second-order valence-electron chi connectivity index (χ2n) is 8.55. The molecule has 1 saturated carbocycles. The largest absolute Gasteiger partial charge is 0.469 e. The van der Waals surface area contributed by atoms with Crippen molar-refractivity contribution in [3.63, 3.8) is 0 Å². The van der Waals surface area contributed by atoms with Crippen LogP contribution in [0.25, 0.3) is 11.4 Å². The van der Waals surface area contributed by atoms with Crippen molar-refractivity contribution in [2.45, 2.75) is 56.3 Å². The lowest BCUT2D eigenvalue weighted by molar-refractivity contribution is -0.119. The van der Waals surface area contributed by atoms with Crippen LogP contribution in [0.15, 0.2) is 34.6 Å². The summed E-state index contributed by atoms with van der Waals surface area (Å²) in [5, 5.41) is 12.6. The zero-order valence-corrected chi connectivity index (χ0v) is 19.7. The minimum absolute atomic E-state index is 0.0300.